The highest BCUT2D eigenvalue weighted by molar-refractivity contribution is 7.98. The molecular formula is C21H21FN2O2S2. The Morgan fingerprint density at radius 2 is 2.14 bits per heavy atom. The Labute approximate surface area is 171 Å². The van der Waals surface area contributed by atoms with Crippen LogP contribution in [0.25, 0.3) is 10.2 Å². The van der Waals surface area contributed by atoms with Gasteiger partial charge < -0.3 is 4.74 Å². The molecule has 1 aromatic heterocycles. The van der Waals surface area contributed by atoms with Gasteiger partial charge in [-0.25, -0.2) is 9.37 Å². The minimum atomic E-state index is -0.303. The molecule has 0 radical (unpaired) electrons. The molecule has 0 N–H and O–H groups in total. The van der Waals surface area contributed by atoms with Crippen molar-refractivity contribution in [2.24, 2.45) is 0 Å². The van der Waals surface area contributed by atoms with Crippen LogP contribution in [0.4, 0.5) is 9.52 Å². The third-order valence-electron chi connectivity index (χ3n) is 4.80. The highest BCUT2D eigenvalue weighted by Crippen LogP contribution is 2.34. The van der Waals surface area contributed by atoms with Gasteiger partial charge in [-0.3, -0.25) is 9.69 Å². The van der Waals surface area contributed by atoms with E-state index in [-0.39, 0.29) is 24.2 Å². The number of carbonyl (C=O) groups is 1. The highest BCUT2D eigenvalue weighted by atomic mass is 32.2. The Morgan fingerprint density at radius 1 is 1.32 bits per heavy atom. The first-order valence-electron chi connectivity index (χ1n) is 9.24. The number of halogens is 1. The topological polar surface area (TPSA) is 42.4 Å². The van der Waals surface area contributed by atoms with Crippen LogP contribution < -0.4 is 4.90 Å². The summed E-state index contributed by atoms with van der Waals surface area (Å²) in [7, 11) is 0. The number of fused-ring (bicyclic) bond motifs is 1. The molecule has 0 bridgehead atoms. The average molecular weight is 417 g/mol. The Kier molecular flexibility index (Phi) is 5.94. The van der Waals surface area contributed by atoms with Crippen molar-refractivity contribution >= 4 is 44.4 Å². The van der Waals surface area contributed by atoms with E-state index in [9.17, 15) is 9.18 Å². The van der Waals surface area contributed by atoms with Crippen LogP contribution in [0.2, 0.25) is 0 Å². The molecule has 3 aromatic rings. The molecule has 2 heterocycles. The normalized spacial score (nSPS) is 16.6. The molecule has 7 heteroatoms. The number of thiazole rings is 1. The second-order valence-corrected chi connectivity index (χ2v) is 8.60. The largest absolute Gasteiger partial charge is 0.376 e. The maximum atomic E-state index is 13.2. The van der Waals surface area contributed by atoms with Gasteiger partial charge in [0, 0.05) is 11.5 Å². The Morgan fingerprint density at radius 3 is 2.86 bits per heavy atom. The molecule has 1 saturated heterocycles. The lowest BCUT2D eigenvalue weighted by Gasteiger charge is -2.23. The highest BCUT2D eigenvalue weighted by Gasteiger charge is 2.26. The first-order chi connectivity index (χ1) is 13.6. The Balaban J connectivity index is 1.64. The molecule has 0 saturated carbocycles. The summed E-state index contributed by atoms with van der Waals surface area (Å²) in [4.78, 5) is 20.8. The molecule has 2 aromatic carbocycles. The van der Waals surface area contributed by atoms with Crippen LogP contribution in [0.3, 0.4) is 0 Å². The van der Waals surface area contributed by atoms with Gasteiger partial charge in [-0.05, 0) is 48.9 Å². The van der Waals surface area contributed by atoms with E-state index in [1.54, 1.807) is 28.8 Å². The lowest BCUT2D eigenvalue weighted by molar-refractivity contribution is -0.118. The number of para-hydroxylation sites is 1. The van der Waals surface area contributed by atoms with Gasteiger partial charge >= 0.3 is 0 Å². The monoisotopic (exact) mass is 416 g/mol. The third kappa shape index (κ3) is 4.21. The van der Waals surface area contributed by atoms with E-state index >= 15 is 0 Å². The lowest BCUT2D eigenvalue weighted by atomic mass is 10.1. The molecule has 4 nitrogen and oxygen atoms in total. The van der Waals surface area contributed by atoms with Crippen LogP contribution in [-0.2, 0) is 16.0 Å². The van der Waals surface area contributed by atoms with Crippen molar-refractivity contribution in [3.8, 4) is 0 Å². The summed E-state index contributed by atoms with van der Waals surface area (Å²) in [6.07, 6.45) is 4.22. The number of hydrogen-bond donors (Lipinski definition) is 0. The van der Waals surface area contributed by atoms with Crippen molar-refractivity contribution in [2.75, 3.05) is 24.3 Å². The summed E-state index contributed by atoms with van der Waals surface area (Å²) in [5, 5.41) is 0.694. The number of hydrogen-bond acceptors (Lipinski definition) is 5. The third-order valence-corrected chi connectivity index (χ3v) is 6.61. The smallest absolute Gasteiger partial charge is 0.233 e. The maximum Gasteiger partial charge on any atom is 0.233 e. The van der Waals surface area contributed by atoms with Gasteiger partial charge in [0.1, 0.15) is 5.82 Å². The van der Waals surface area contributed by atoms with Gasteiger partial charge in [0.2, 0.25) is 5.91 Å². The van der Waals surface area contributed by atoms with Gasteiger partial charge in [-0.2, -0.15) is 0 Å². The van der Waals surface area contributed by atoms with Crippen LogP contribution in [0.15, 0.2) is 47.4 Å². The Hall–Kier alpha value is -1.96. The van der Waals surface area contributed by atoms with E-state index in [0.29, 0.717) is 11.7 Å². The fourth-order valence-corrected chi connectivity index (χ4v) is 4.99. The minimum absolute atomic E-state index is 0.0317. The zero-order valence-corrected chi connectivity index (χ0v) is 17.2. The summed E-state index contributed by atoms with van der Waals surface area (Å²) < 4.78 is 20.0. The van der Waals surface area contributed by atoms with Crippen molar-refractivity contribution in [1.29, 1.82) is 0 Å². The van der Waals surface area contributed by atoms with E-state index in [4.69, 9.17) is 9.72 Å². The van der Waals surface area contributed by atoms with E-state index in [0.717, 1.165) is 40.1 Å². The number of carbonyl (C=O) groups excluding carboxylic acids is 1. The molecule has 28 heavy (non-hydrogen) atoms. The molecule has 1 atom stereocenters. The second kappa shape index (κ2) is 8.59. The van der Waals surface area contributed by atoms with Crippen molar-refractivity contribution in [1.82, 2.24) is 4.98 Å². The van der Waals surface area contributed by atoms with E-state index in [1.807, 2.05) is 24.5 Å². The fraction of sp³-hybridized carbons (Fsp3) is 0.333. The molecule has 1 unspecified atom stereocenters. The van der Waals surface area contributed by atoms with Crippen molar-refractivity contribution in [3.05, 3.63) is 53.8 Å². The number of thioether (sulfide) groups is 1. The number of ether oxygens (including phenoxy) is 1. The molecule has 1 aliphatic heterocycles. The van der Waals surface area contributed by atoms with E-state index in [2.05, 4.69) is 0 Å². The zero-order valence-electron chi connectivity index (χ0n) is 15.6. The van der Waals surface area contributed by atoms with Crippen LogP contribution in [0, 0.1) is 5.82 Å². The van der Waals surface area contributed by atoms with Crippen LogP contribution in [-0.4, -0.2) is 36.4 Å². The molecule has 1 aliphatic rings. The van der Waals surface area contributed by atoms with Gasteiger partial charge in [-0.1, -0.05) is 29.5 Å². The number of benzene rings is 2. The summed E-state index contributed by atoms with van der Waals surface area (Å²) >= 11 is 3.17. The predicted molar refractivity (Wildman–Crippen MR) is 113 cm³/mol. The summed E-state index contributed by atoms with van der Waals surface area (Å²) in [5.74, 6) is -0.352. The first-order valence-corrected chi connectivity index (χ1v) is 11.3. The average Bonchev–Trinajstić information content (AvgIpc) is 3.36. The number of anilines is 1. The summed E-state index contributed by atoms with van der Waals surface area (Å²) in [6, 6.07) is 12.2. The maximum absolute atomic E-state index is 13.2. The molecule has 1 fully saturated rings. The molecule has 146 valence electrons. The zero-order chi connectivity index (χ0) is 19.5. The number of amides is 1. The fourth-order valence-electron chi connectivity index (χ4n) is 3.34. The predicted octanol–water partition coefficient (Wildman–Crippen LogP) is 4.91. The molecule has 4 rings (SSSR count). The molecule has 0 aliphatic carbocycles. The van der Waals surface area contributed by atoms with Crippen molar-refractivity contribution < 1.29 is 13.9 Å². The van der Waals surface area contributed by atoms with Crippen LogP contribution in [0.1, 0.15) is 18.4 Å². The number of nitrogens with zero attached hydrogens (tertiary/aromatic N) is 2. The van der Waals surface area contributed by atoms with E-state index < -0.39 is 0 Å². The Bertz CT molecular complexity index is 968. The van der Waals surface area contributed by atoms with Crippen LogP contribution in [0.5, 0.6) is 0 Å². The number of aromatic nitrogens is 1. The summed E-state index contributed by atoms with van der Waals surface area (Å²) in [5.41, 5.74) is 1.72. The SMILES string of the molecule is CSc1cccc2sc(N(CC3CCCO3)C(=O)Cc3ccc(F)cc3)nc12. The van der Waals surface area contributed by atoms with Crippen molar-refractivity contribution in [2.45, 2.75) is 30.3 Å². The van der Waals surface area contributed by atoms with Crippen LogP contribution >= 0.6 is 23.1 Å². The number of rotatable bonds is 6. The standard InChI is InChI=1S/C21H21FN2O2S2/c1-27-17-5-2-6-18-20(17)23-21(28-18)24(13-16-4-3-11-26-16)19(25)12-14-7-9-15(22)10-8-14/h2,5-10,16H,3-4,11-13H2,1H3. The first kappa shape index (κ1) is 19.4. The molecular weight excluding hydrogens is 395 g/mol. The lowest BCUT2D eigenvalue weighted by Crippen LogP contribution is -2.38. The van der Waals surface area contributed by atoms with E-state index in [1.165, 1.54) is 23.5 Å². The summed E-state index contributed by atoms with van der Waals surface area (Å²) in [6.45, 7) is 1.23. The quantitative estimate of drug-likeness (QED) is 0.536. The van der Waals surface area contributed by atoms with Gasteiger partial charge in [-0.15, -0.1) is 11.8 Å². The molecule has 1 amide bonds. The van der Waals surface area contributed by atoms with Crippen molar-refractivity contribution in [3.63, 3.8) is 0 Å². The van der Waals surface area contributed by atoms with Gasteiger partial charge in [0.05, 0.1) is 29.3 Å². The van der Waals surface area contributed by atoms with Gasteiger partial charge in [0.15, 0.2) is 5.13 Å². The molecule has 0 spiro atoms. The minimum Gasteiger partial charge on any atom is -0.376 e. The second-order valence-electron chi connectivity index (χ2n) is 6.75. The van der Waals surface area contributed by atoms with Gasteiger partial charge in [0.25, 0.3) is 0 Å².